The lowest BCUT2D eigenvalue weighted by Gasteiger charge is -2.05. The average Bonchev–Trinajstić information content (AvgIpc) is 3.03. The predicted octanol–water partition coefficient (Wildman–Crippen LogP) is 4.84. The molecule has 3 aromatic rings. The molecule has 146 valence electrons. The number of amides is 1. The maximum Gasteiger partial charge on any atom is 0.257 e. The first-order chi connectivity index (χ1) is 13.2. The molecule has 0 unspecified atom stereocenters. The molecule has 0 aliphatic heterocycles. The van der Waals surface area contributed by atoms with Crippen molar-refractivity contribution < 1.29 is 13.2 Å². The highest BCUT2D eigenvalue weighted by molar-refractivity contribution is 7.89. The predicted molar refractivity (Wildman–Crippen MR) is 114 cm³/mol. The fraction of sp³-hybridized carbons (Fsp3) is 0.158. The molecule has 0 saturated carbocycles. The van der Waals surface area contributed by atoms with Gasteiger partial charge in [0, 0.05) is 39.4 Å². The lowest BCUT2D eigenvalue weighted by atomic mass is 10.1. The highest BCUT2D eigenvalue weighted by atomic mass is 35.5. The summed E-state index contributed by atoms with van der Waals surface area (Å²) in [6.07, 6.45) is 3.42. The number of carbonyl (C=O) groups excluding carboxylic acids is 1. The van der Waals surface area contributed by atoms with Gasteiger partial charge in [-0.25, -0.2) is 13.4 Å². The number of hydrogen-bond donors (Lipinski definition) is 1. The van der Waals surface area contributed by atoms with Crippen LogP contribution in [0.2, 0.25) is 10.0 Å². The maximum atomic E-state index is 12.5. The number of carbonyl (C=O) groups is 1. The molecule has 0 saturated heterocycles. The van der Waals surface area contributed by atoms with E-state index in [2.05, 4.69) is 10.3 Å². The topological polar surface area (TPSA) is 76.1 Å². The second-order valence-corrected chi connectivity index (χ2v) is 10.4. The molecule has 1 aromatic heterocycles. The highest BCUT2D eigenvalue weighted by Gasteiger charge is 2.12. The minimum absolute atomic E-state index is 0.114. The largest absolute Gasteiger partial charge is 0.298 e. The van der Waals surface area contributed by atoms with E-state index >= 15 is 0 Å². The van der Waals surface area contributed by atoms with Crippen molar-refractivity contribution in [2.75, 3.05) is 11.6 Å². The van der Waals surface area contributed by atoms with Crippen molar-refractivity contribution in [3.8, 4) is 0 Å². The van der Waals surface area contributed by atoms with Crippen LogP contribution in [0.15, 0.2) is 48.7 Å². The molecule has 3 rings (SSSR count). The number of benzene rings is 2. The molecule has 0 bridgehead atoms. The van der Waals surface area contributed by atoms with Gasteiger partial charge in [0.1, 0.15) is 0 Å². The summed E-state index contributed by atoms with van der Waals surface area (Å²) >= 11 is 13.5. The van der Waals surface area contributed by atoms with Gasteiger partial charge < -0.3 is 0 Å². The Bertz CT molecular complexity index is 1130. The monoisotopic (exact) mass is 454 g/mol. The van der Waals surface area contributed by atoms with Crippen molar-refractivity contribution in [1.29, 1.82) is 0 Å². The van der Waals surface area contributed by atoms with Gasteiger partial charge in [0.2, 0.25) is 0 Å². The fourth-order valence-corrected chi connectivity index (χ4v) is 4.67. The fourth-order valence-electron chi connectivity index (χ4n) is 2.57. The number of rotatable bonds is 6. The molecule has 0 atom stereocenters. The zero-order valence-electron chi connectivity index (χ0n) is 14.8. The van der Waals surface area contributed by atoms with Crippen LogP contribution in [-0.4, -0.2) is 25.6 Å². The van der Waals surface area contributed by atoms with Gasteiger partial charge in [-0.2, -0.15) is 0 Å². The van der Waals surface area contributed by atoms with Crippen LogP contribution >= 0.6 is 34.5 Å². The van der Waals surface area contributed by atoms with E-state index in [9.17, 15) is 13.2 Å². The number of sulfone groups is 1. The number of aromatic nitrogens is 1. The maximum absolute atomic E-state index is 12.5. The first-order valence-electron chi connectivity index (χ1n) is 8.16. The minimum atomic E-state index is -3.17. The highest BCUT2D eigenvalue weighted by Crippen LogP contribution is 2.27. The van der Waals surface area contributed by atoms with E-state index in [-0.39, 0.29) is 11.7 Å². The molecule has 5 nitrogen and oxygen atoms in total. The number of nitrogens with one attached hydrogen (secondary N) is 1. The van der Waals surface area contributed by atoms with Crippen molar-refractivity contribution in [2.24, 2.45) is 0 Å². The Labute approximate surface area is 177 Å². The molecule has 28 heavy (non-hydrogen) atoms. The standard InChI is InChI=1S/C19H16Cl2N2O3S2/c1-28(25,26)11-12-3-2-4-14(7-12)18(24)23-19-22-10-16(27-19)8-13-5-6-15(20)9-17(13)21/h2-7,9-10H,8,11H2,1H3,(H,22,23,24). The average molecular weight is 455 g/mol. The van der Waals surface area contributed by atoms with Crippen LogP contribution in [-0.2, 0) is 22.0 Å². The first kappa shape index (κ1) is 20.8. The van der Waals surface area contributed by atoms with Crippen molar-refractivity contribution in [2.45, 2.75) is 12.2 Å². The third-order valence-corrected chi connectivity index (χ3v) is 6.13. The van der Waals surface area contributed by atoms with Crippen LogP contribution in [0.1, 0.15) is 26.4 Å². The van der Waals surface area contributed by atoms with Crippen LogP contribution in [0.25, 0.3) is 0 Å². The Hall–Kier alpha value is -1.93. The molecule has 0 aliphatic carbocycles. The van der Waals surface area contributed by atoms with E-state index in [4.69, 9.17) is 23.2 Å². The van der Waals surface area contributed by atoms with Crippen LogP contribution in [0.4, 0.5) is 5.13 Å². The molecule has 1 heterocycles. The summed E-state index contributed by atoms with van der Waals surface area (Å²) in [6.45, 7) is 0. The van der Waals surface area contributed by atoms with Crippen molar-refractivity contribution in [1.82, 2.24) is 4.98 Å². The summed E-state index contributed by atoms with van der Waals surface area (Å²) in [4.78, 5) is 17.6. The summed E-state index contributed by atoms with van der Waals surface area (Å²) < 4.78 is 22.9. The second kappa shape index (κ2) is 8.61. The second-order valence-electron chi connectivity index (χ2n) is 6.27. The SMILES string of the molecule is CS(=O)(=O)Cc1cccc(C(=O)Nc2ncc(Cc3ccc(Cl)cc3Cl)s2)c1. The van der Waals surface area contributed by atoms with Crippen LogP contribution in [0.5, 0.6) is 0 Å². The lowest BCUT2D eigenvalue weighted by molar-refractivity contribution is 0.102. The van der Waals surface area contributed by atoms with Crippen LogP contribution in [0.3, 0.4) is 0 Å². The summed E-state index contributed by atoms with van der Waals surface area (Å²) in [7, 11) is -3.17. The zero-order chi connectivity index (χ0) is 20.3. The molecule has 0 fully saturated rings. The number of anilines is 1. The Balaban J connectivity index is 1.69. The Morgan fingerprint density at radius 2 is 1.96 bits per heavy atom. The normalized spacial score (nSPS) is 11.4. The molecular formula is C19H16Cl2N2O3S2. The quantitative estimate of drug-likeness (QED) is 0.577. The smallest absolute Gasteiger partial charge is 0.257 e. The van der Waals surface area contributed by atoms with Gasteiger partial charge in [-0.15, -0.1) is 11.3 Å². The summed E-state index contributed by atoms with van der Waals surface area (Å²) in [5, 5.41) is 4.35. The molecule has 2 aromatic carbocycles. The Morgan fingerprint density at radius 3 is 2.68 bits per heavy atom. The molecular weight excluding hydrogens is 439 g/mol. The van der Waals surface area contributed by atoms with Gasteiger partial charge >= 0.3 is 0 Å². The van der Waals surface area contributed by atoms with E-state index in [1.165, 1.54) is 11.3 Å². The Kier molecular flexibility index (Phi) is 6.40. The van der Waals surface area contributed by atoms with Crippen molar-refractivity contribution in [3.63, 3.8) is 0 Å². The minimum Gasteiger partial charge on any atom is -0.298 e. The molecule has 0 aliphatic rings. The summed E-state index contributed by atoms with van der Waals surface area (Å²) in [6, 6.07) is 11.8. The third-order valence-electron chi connectivity index (χ3n) is 3.77. The van der Waals surface area contributed by atoms with E-state index in [0.29, 0.717) is 32.7 Å². The van der Waals surface area contributed by atoms with E-state index in [1.807, 2.05) is 6.07 Å². The summed E-state index contributed by atoms with van der Waals surface area (Å²) in [5.74, 6) is -0.460. The molecule has 1 N–H and O–H groups in total. The van der Waals surface area contributed by atoms with Gasteiger partial charge in [0.05, 0.1) is 5.75 Å². The number of hydrogen-bond acceptors (Lipinski definition) is 5. The molecule has 0 spiro atoms. The van der Waals surface area contributed by atoms with Crippen molar-refractivity contribution in [3.05, 3.63) is 80.3 Å². The zero-order valence-corrected chi connectivity index (χ0v) is 17.9. The van der Waals surface area contributed by atoms with Gasteiger partial charge in [0.25, 0.3) is 5.91 Å². The van der Waals surface area contributed by atoms with E-state index in [1.54, 1.807) is 42.6 Å². The first-order valence-corrected chi connectivity index (χ1v) is 11.8. The van der Waals surface area contributed by atoms with Gasteiger partial charge in [-0.1, -0.05) is 41.4 Å². The summed E-state index contributed by atoms with van der Waals surface area (Å²) in [5.41, 5.74) is 1.85. The van der Waals surface area contributed by atoms with Gasteiger partial charge in [-0.3, -0.25) is 10.1 Å². The van der Waals surface area contributed by atoms with Gasteiger partial charge in [-0.05, 0) is 35.4 Å². The number of thiazole rings is 1. The number of halogens is 2. The van der Waals surface area contributed by atoms with Crippen molar-refractivity contribution >= 4 is 55.4 Å². The molecule has 0 radical (unpaired) electrons. The van der Waals surface area contributed by atoms with Gasteiger partial charge in [0.15, 0.2) is 15.0 Å². The third kappa shape index (κ3) is 5.78. The number of nitrogens with zero attached hydrogens (tertiary/aromatic N) is 1. The van der Waals surface area contributed by atoms with E-state index < -0.39 is 9.84 Å². The van der Waals surface area contributed by atoms with E-state index in [0.717, 1.165) is 16.7 Å². The molecule has 1 amide bonds. The lowest BCUT2D eigenvalue weighted by Crippen LogP contribution is -2.12. The Morgan fingerprint density at radius 1 is 1.18 bits per heavy atom. The molecule has 9 heteroatoms. The van der Waals surface area contributed by atoms with Crippen LogP contribution < -0.4 is 5.32 Å². The van der Waals surface area contributed by atoms with Crippen LogP contribution in [0, 0.1) is 0 Å².